The van der Waals surface area contributed by atoms with Crippen molar-refractivity contribution in [1.82, 2.24) is 0 Å². The normalized spacial score (nSPS) is 13.6. The summed E-state index contributed by atoms with van der Waals surface area (Å²) in [6.45, 7) is 5.33. The van der Waals surface area contributed by atoms with Gasteiger partial charge in [-0.15, -0.1) is 0 Å². The molecule has 15 heavy (non-hydrogen) atoms. The topological polar surface area (TPSA) is 54.4 Å². The SMILES string of the molecule is CCCC(C)(C)C(=O)C(F)CCC(=O)O. The van der Waals surface area contributed by atoms with Crippen LogP contribution in [0.1, 0.15) is 46.5 Å². The van der Waals surface area contributed by atoms with Gasteiger partial charge in [-0.1, -0.05) is 27.2 Å². The maximum absolute atomic E-state index is 13.4. The highest BCUT2D eigenvalue weighted by Crippen LogP contribution is 2.27. The third kappa shape index (κ3) is 4.91. The first kappa shape index (κ1) is 14.1. The van der Waals surface area contributed by atoms with E-state index < -0.39 is 23.3 Å². The van der Waals surface area contributed by atoms with Gasteiger partial charge >= 0.3 is 5.97 Å². The highest BCUT2D eigenvalue weighted by molar-refractivity contribution is 5.88. The van der Waals surface area contributed by atoms with Crippen LogP contribution in [0.25, 0.3) is 0 Å². The Bertz CT molecular complexity index is 236. The molecule has 0 heterocycles. The van der Waals surface area contributed by atoms with E-state index in [1.165, 1.54) is 0 Å². The number of Topliss-reactive ketones (excluding diaryl/α,β-unsaturated/α-hetero) is 1. The highest BCUT2D eigenvalue weighted by atomic mass is 19.1. The van der Waals surface area contributed by atoms with Gasteiger partial charge in [-0.05, 0) is 12.8 Å². The summed E-state index contributed by atoms with van der Waals surface area (Å²) in [6.07, 6.45) is -0.734. The number of carboxylic acid groups (broad SMARTS) is 1. The van der Waals surface area contributed by atoms with Crippen LogP contribution >= 0.6 is 0 Å². The molecule has 0 aromatic rings. The molecule has 0 radical (unpaired) electrons. The molecular formula is C11H19FO3. The Morgan fingerprint density at radius 2 is 1.93 bits per heavy atom. The Morgan fingerprint density at radius 1 is 1.40 bits per heavy atom. The molecule has 0 spiro atoms. The predicted octanol–water partition coefficient (Wildman–Crippen LogP) is 2.58. The van der Waals surface area contributed by atoms with Crippen molar-refractivity contribution in [2.45, 2.75) is 52.6 Å². The minimum Gasteiger partial charge on any atom is -0.481 e. The number of hydrogen-bond acceptors (Lipinski definition) is 2. The number of ketones is 1. The highest BCUT2D eigenvalue weighted by Gasteiger charge is 2.32. The van der Waals surface area contributed by atoms with Crippen LogP contribution in [0.3, 0.4) is 0 Å². The Labute approximate surface area is 89.7 Å². The van der Waals surface area contributed by atoms with Crippen molar-refractivity contribution in [1.29, 1.82) is 0 Å². The first-order valence-corrected chi connectivity index (χ1v) is 5.21. The van der Waals surface area contributed by atoms with E-state index in [4.69, 9.17) is 5.11 Å². The van der Waals surface area contributed by atoms with Crippen LogP contribution in [0.4, 0.5) is 4.39 Å². The monoisotopic (exact) mass is 218 g/mol. The molecule has 0 aromatic heterocycles. The number of rotatable bonds is 7. The molecule has 0 aliphatic heterocycles. The molecule has 1 unspecified atom stereocenters. The minimum atomic E-state index is -1.65. The minimum absolute atomic E-state index is 0.221. The van der Waals surface area contributed by atoms with Crippen molar-refractivity contribution < 1.29 is 19.1 Å². The van der Waals surface area contributed by atoms with Gasteiger partial charge in [0, 0.05) is 11.8 Å². The summed E-state index contributed by atoms with van der Waals surface area (Å²) in [4.78, 5) is 21.8. The quantitative estimate of drug-likeness (QED) is 0.714. The maximum atomic E-state index is 13.4. The molecule has 0 saturated heterocycles. The third-order valence-electron chi connectivity index (χ3n) is 2.44. The fourth-order valence-corrected chi connectivity index (χ4v) is 1.55. The second kappa shape index (κ2) is 5.83. The van der Waals surface area contributed by atoms with Gasteiger partial charge in [-0.3, -0.25) is 9.59 Å². The summed E-state index contributed by atoms with van der Waals surface area (Å²) in [7, 11) is 0. The van der Waals surface area contributed by atoms with Crippen molar-refractivity contribution in [3.8, 4) is 0 Å². The molecule has 0 saturated carbocycles. The maximum Gasteiger partial charge on any atom is 0.303 e. The average Bonchev–Trinajstić information content (AvgIpc) is 2.12. The molecule has 0 aliphatic rings. The lowest BCUT2D eigenvalue weighted by Crippen LogP contribution is -2.32. The lowest BCUT2D eigenvalue weighted by atomic mass is 9.81. The number of alkyl halides is 1. The fraction of sp³-hybridized carbons (Fsp3) is 0.818. The Balaban J connectivity index is 4.24. The molecule has 0 fully saturated rings. The van der Waals surface area contributed by atoms with E-state index in [1.54, 1.807) is 13.8 Å². The van der Waals surface area contributed by atoms with Crippen LogP contribution in [-0.4, -0.2) is 23.0 Å². The fourth-order valence-electron chi connectivity index (χ4n) is 1.55. The van der Waals surface area contributed by atoms with Crippen molar-refractivity contribution >= 4 is 11.8 Å². The first-order valence-electron chi connectivity index (χ1n) is 5.21. The molecule has 88 valence electrons. The predicted molar refractivity (Wildman–Crippen MR) is 55.5 cm³/mol. The molecule has 4 heteroatoms. The van der Waals surface area contributed by atoms with Crippen LogP contribution in [0.5, 0.6) is 0 Å². The number of halogens is 1. The van der Waals surface area contributed by atoms with Gasteiger partial charge in [0.2, 0.25) is 0 Å². The summed E-state index contributed by atoms with van der Waals surface area (Å²) in [6, 6.07) is 0. The standard InChI is InChI=1S/C11H19FO3/c1-4-7-11(2,3)10(15)8(12)5-6-9(13)14/h8H,4-7H2,1-3H3,(H,13,14). The Kier molecular flexibility index (Phi) is 5.47. The smallest absolute Gasteiger partial charge is 0.303 e. The molecule has 0 bridgehead atoms. The van der Waals surface area contributed by atoms with E-state index in [0.29, 0.717) is 6.42 Å². The van der Waals surface area contributed by atoms with Crippen molar-refractivity contribution in [3.63, 3.8) is 0 Å². The van der Waals surface area contributed by atoms with Gasteiger partial charge in [-0.2, -0.15) is 0 Å². The van der Waals surface area contributed by atoms with Crippen molar-refractivity contribution in [2.24, 2.45) is 5.41 Å². The first-order chi connectivity index (χ1) is 6.81. The van der Waals surface area contributed by atoms with E-state index in [2.05, 4.69) is 0 Å². The molecule has 0 aliphatic carbocycles. The Morgan fingerprint density at radius 3 is 2.33 bits per heavy atom. The van der Waals surface area contributed by atoms with Gasteiger partial charge in [0.25, 0.3) is 0 Å². The summed E-state index contributed by atoms with van der Waals surface area (Å²) < 4.78 is 13.4. The van der Waals surface area contributed by atoms with E-state index in [0.717, 1.165) is 6.42 Å². The van der Waals surface area contributed by atoms with Gasteiger partial charge in [-0.25, -0.2) is 4.39 Å². The zero-order valence-corrected chi connectivity index (χ0v) is 9.55. The second-order valence-corrected chi connectivity index (χ2v) is 4.40. The number of carbonyl (C=O) groups excluding carboxylic acids is 1. The average molecular weight is 218 g/mol. The van der Waals surface area contributed by atoms with Gasteiger partial charge in [0.05, 0.1) is 0 Å². The van der Waals surface area contributed by atoms with Gasteiger partial charge in [0.15, 0.2) is 12.0 Å². The number of hydrogen-bond donors (Lipinski definition) is 1. The van der Waals surface area contributed by atoms with E-state index in [9.17, 15) is 14.0 Å². The second-order valence-electron chi connectivity index (χ2n) is 4.40. The van der Waals surface area contributed by atoms with Crippen LogP contribution < -0.4 is 0 Å². The number of aliphatic carboxylic acids is 1. The molecular weight excluding hydrogens is 199 g/mol. The van der Waals surface area contributed by atoms with E-state index in [-0.39, 0.29) is 12.8 Å². The van der Waals surface area contributed by atoms with Crippen molar-refractivity contribution in [3.05, 3.63) is 0 Å². The molecule has 0 rings (SSSR count). The van der Waals surface area contributed by atoms with Crippen molar-refractivity contribution in [2.75, 3.05) is 0 Å². The zero-order valence-electron chi connectivity index (χ0n) is 9.55. The molecule has 0 aromatic carbocycles. The third-order valence-corrected chi connectivity index (χ3v) is 2.44. The van der Waals surface area contributed by atoms with Crippen LogP contribution in [0.15, 0.2) is 0 Å². The largest absolute Gasteiger partial charge is 0.481 e. The van der Waals surface area contributed by atoms with Gasteiger partial charge < -0.3 is 5.11 Å². The van der Waals surface area contributed by atoms with E-state index >= 15 is 0 Å². The summed E-state index contributed by atoms with van der Waals surface area (Å²) in [5.41, 5.74) is -0.688. The van der Waals surface area contributed by atoms with Crippen LogP contribution in [-0.2, 0) is 9.59 Å². The number of carboxylic acids is 1. The summed E-state index contributed by atoms with van der Waals surface area (Å²) in [5, 5.41) is 8.37. The van der Waals surface area contributed by atoms with Gasteiger partial charge in [0.1, 0.15) is 0 Å². The lowest BCUT2D eigenvalue weighted by Gasteiger charge is -2.24. The van der Waals surface area contributed by atoms with Crippen LogP contribution in [0.2, 0.25) is 0 Å². The molecule has 3 nitrogen and oxygen atoms in total. The number of carbonyl (C=O) groups is 2. The molecule has 1 N–H and O–H groups in total. The summed E-state index contributed by atoms with van der Waals surface area (Å²) >= 11 is 0. The molecule has 0 amide bonds. The lowest BCUT2D eigenvalue weighted by molar-refractivity contribution is -0.138. The van der Waals surface area contributed by atoms with E-state index in [1.807, 2.05) is 6.92 Å². The van der Waals surface area contributed by atoms with Crippen LogP contribution in [0, 0.1) is 5.41 Å². The zero-order chi connectivity index (χ0) is 12.1. The Hall–Kier alpha value is -0.930. The summed E-state index contributed by atoms with van der Waals surface area (Å²) in [5.74, 6) is -1.55. The molecule has 1 atom stereocenters.